The Hall–Kier alpha value is -2.67. The molecule has 1 nitrogen and oxygen atoms in total. The molecule has 148 valence electrons. The number of rotatable bonds is 2. The van der Waals surface area contributed by atoms with Crippen molar-refractivity contribution in [3.05, 3.63) is 95.1 Å². The SMILES string of the molecule is CC(C)(C)C1=CC2(C=C(C(C)(C)C)C1=O)C(c1ccccc1)=C2c1ccccc1. The highest BCUT2D eigenvalue weighted by molar-refractivity contribution is 6.22. The van der Waals surface area contributed by atoms with E-state index in [2.05, 4.69) is 114 Å². The molecule has 0 atom stereocenters. The van der Waals surface area contributed by atoms with Gasteiger partial charge >= 0.3 is 0 Å². The first kappa shape index (κ1) is 19.6. The summed E-state index contributed by atoms with van der Waals surface area (Å²) < 4.78 is 0. The van der Waals surface area contributed by atoms with Crippen molar-refractivity contribution in [1.29, 1.82) is 0 Å². The van der Waals surface area contributed by atoms with E-state index in [1.807, 2.05) is 0 Å². The molecule has 2 aromatic rings. The molecule has 1 heteroatoms. The minimum Gasteiger partial charge on any atom is -0.289 e. The van der Waals surface area contributed by atoms with Crippen LogP contribution >= 0.6 is 0 Å². The first-order chi connectivity index (χ1) is 13.6. The number of allylic oxidation sites excluding steroid dienone is 6. The Labute approximate surface area is 174 Å². The molecule has 0 aliphatic heterocycles. The van der Waals surface area contributed by atoms with Crippen LogP contribution in [-0.4, -0.2) is 5.78 Å². The van der Waals surface area contributed by atoms with Crippen LogP contribution in [0.2, 0.25) is 0 Å². The molecular formula is C28H30O. The van der Waals surface area contributed by atoms with Gasteiger partial charge in [0.2, 0.25) is 0 Å². The molecule has 0 radical (unpaired) electrons. The Kier molecular flexibility index (Phi) is 4.35. The highest BCUT2D eigenvalue weighted by atomic mass is 16.1. The summed E-state index contributed by atoms with van der Waals surface area (Å²) in [4.78, 5) is 13.5. The Balaban J connectivity index is 1.98. The van der Waals surface area contributed by atoms with Crippen molar-refractivity contribution in [2.75, 3.05) is 0 Å². The van der Waals surface area contributed by atoms with Crippen molar-refractivity contribution < 1.29 is 4.79 Å². The molecule has 0 N–H and O–H groups in total. The predicted octanol–water partition coefficient (Wildman–Crippen LogP) is 7.13. The normalized spacial score (nSPS) is 18.6. The van der Waals surface area contributed by atoms with Crippen LogP contribution in [0, 0.1) is 16.2 Å². The largest absolute Gasteiger partial charge is 0.289 e. The number of carbonyl (C=O) groups is 1. The molecule has 2 aliphatic rings. The van der Waals surface area contributed by atoms with Crippen LogP contribution in [-0.2, 0) is 4.79 Å². The molecule has 0 fully saturated rings. The molecule has 0 aromatic heterocycles. The van der Waals surface area contributed by atoms with Gasteiger partial charge in [-0.05, 0) is 33.1 Å². The van der Waals surface area contributed by atoms with Gasteiger partial charge in [0.15, 0.2) is 5.78 Å². The van der Waals surface area contributed by atoms with Crippen molar-refractivity contribution in [3.8, 4) is 0 Å². The molecule has 1 spiro atoms. The summed E-state index contributed by atoms with van der Waals surface area (Å²) in [7, 11) is 0. The summed E-state index contributed by atoms with van der Waals surface area (Å²) >= 11 is 0. The smallest absolute Gasteiger partial charge is 0.185 e. The maximum Gasteiger partial charge on any atom is 0.185 e. The predicted molar refractivity (Wildman–Crippen MR) is 122 cm³/mol. The fourth-order valence-electron chi connectivity index (χ4n) is 4.46. The van der Waals surface area contributed by atoms with Crippen molar-refractivity contribution in [1.82, 2.24) is 0 Å². The summed E-state index contributed by atoms with van der Waals surface area (Å²) in [5.41, 5.74) is 6.22. The standard InChI is InChI=1S/C28H30O/c1-26(2,3)21-17-28(18-22(25(21)29)27(4,5)6)23(19-13-9-7-10-14-19)24(28)20-15-11-8-12-16-20/h7-18H,1-6H3. The zero-order chi connectivity index (χ0) is 21.0. The van der Waals surface area contributed by atoms with Crippen LogP contribution in [0.5, 0.6) is 0 Å². The third kappa shape index (κ3) is 3.23. The van der Waals surface area contributed by atoms with Gasteiger partial charge in [0, 0.05) is 11.1 Å². The fraction of sp³-hybridized carbons (Fsp3) is 0.321. The van der Waals surface area contributed by atoms with Gasteiger partial charge in [-0.2, -0.15) is 0 Å². The van der Waals surface area contributed by atoms with Gasteiger partial charge in [0.05, 0.1) is 5.41 Å². The Bertz CT molecular complexity index is 963. The lowest BCUT2D eigenvalue weighted by Crippen LogP contribution is -2.30. The summed E-state index contributed by atoms with van der Waals surface area (Å²) in [6.07, 6.45) is 4.49. The first-order valence-electron chi connectivity index (χ1n) is 10.4. The van der Waals surface area contributed by atoms with Gasteiger partial charge in [0.25, 0.3) is 0 Å². The van der Waals surface area contributed by atoms with E-state index in [0.717, 1.165) is 11.1 Å². The van der Waals surface area contributed by atoms with Crippen molar-refractivity contribution in [2.45, 2.75) is 41.5 Å². The molecule has 0 heterocycles. The Morgan fingerprint density at radius 3 is 1.24 bits per heavy atom. The third-order valence-electron chi connectivity index (χ3n) is 5.99. The molecular weight excluding hydrogens is 352 g/mol. The average molecular weight is 383 g/mol. The van der Waals surface area contributed by atoms with Crippen molar-refractivity contribution in [2.24, 2.45) is 16.2 Å². The number of carbonyl (C=O) groups excluding carboxylic acids is 1. The first-order valence-corrected chi connectivity index (χ1v) is 10.4. The summed E-state index contributed by atoms with van der Waals surface area (Å²) in [5, 5.41) is 0. The minimum atomic E-state index is -0.304. The van der Waals surface area contributed by atoms with E-state index in [9.17, 15) is 4.79 Å². The molecule has 0 bridgehead atoms. The molecule has 29 heavy (non-hydrogen) atoms. The van der Waals surface area contributed by atoms with Crippen LogP contribution in [0.1, 0.15) is 52.7 Å². The number of hydrogen-bond acceptors (Lipinski definition) is 1. The molecule has 4 rings (SSSR count). The highest BCUT2D eigenvalue weighted by Gasteiger charge is 2.55. The zero-order valence-electron chi connectivity index (χ0n) is 18.3. The van der Waals surface area contributed by atoms with E-state index in [0.29, 0.717) is 0 Å². The molecule has 0 amide bonds. The van der Waals surface area contributed by atoms with E-state index < -0.39 is 0 Å². The lowest BCUT2D eigenvalue weighted by atomic mass is 9.68. The second kappa shape index (κ2) is 6.42. The van der Waals surface area contributed by atoms with Crippen molar-refractivity contribution in [3.63, 3.8) is 0 Å². The van der Waals surface area contributed by atoms with Crippen LogP contribution < -0.4 is 0 Å². The average Bonchev–Trinajstić information content (AvgIpc) is 3.30. The molecule has 2 aromatic carbocycles. The molecule has 0 saturated heterocycles. The monoisotopic (exact) mass is 382 g/mol. The second-order valence-electron chi connectivity index (χ2n) is 10.3. The van der Waals surface area contributed by atoms with Gasteiger partial charge in [-0.3, -0.25) is 4.79 Å². The second-order valence-corrected chi connectivity index (χ2v) is 10.3. The Morgan fingerprint density at radius 1 is 0.586 bits per heavy atom. The van der Waals surface area contributed by atoms with Gasteiger partial charge in [-0.25, -0.2) is 0 Å². The van der Waals surface area contributed by atoms with E-state index in [4.69, 9.17) is 0 Å². The lowest BCUT2D eigenvalue weighted by Gasteiger charge is -2.34. The maximum atomic E-state index is 13.5. The Morgan fingerprint density at radius 2 is 0.931 bits per heavy atom. The van der Waals surface area contributed by atoms with E-state index >= 15 is 0 Å². The quantitative estimate of drug-likeness (QED) is 0.540. The minimum absolute atomic E-state index is 0.197. The zero-order valence-corrected chi connectivity index (χ0v) is 18.3. The maximum absolute atomic E-state index is 13.5. The van der Waals surface area contributed by atoms with Crippen LogP contribution in [0.25, 0.3) is 11.1 Å². The highest BCUT2D eigenvalue weighted by Crippen LogP contribution is 2.68. The van der Waals surface area contributed by atoms with Gasteiger partial charge < -0.3 is 0 Å². The van der Waals surface area contributed by atoms with Crippen LogP contribution in [0.15, 0.2) is 84.0 Å². The van der Waals surface area contributed by atoms with Crippen LogP contribution in [0.3, 0.4) is 0 Å². The van der Waals surface area contributed by atoms with E-state index in [1.54, 1.807) is 0 Å². The third-order valence-corrected chi connectivity index (χ3v) is 5.99. The van der Waals surface area contributed by atoms with E-state index in [-0.39, 0.29) is 22.0 Å². The van der Waals surface area contributed by atoms with Gasteiger partial charge in [0.1, 0.15) is 0 Å². The molecule has 0 unspecified atom stereocenters. The lowest BCUT2D eigenvalue weighted by molar-refractivity contribution is -0.114. The fourth-order valence-corrected chi connectivity index (χ4v) is 4.46. The number of hydrogen-bond donors (Lipinski definition) is 0. The molecule has 0 saturated carbocycles. The summed E-state index contributed by atoms with van der Waals surface area (Å²) in [6.45, 7) is 12.8. The topological polar surface area (TPSA) is 17.1 Å². The summed E-state index contributed by atoms with van der Waals surface area (Å²) in [6, 6.07) is 21.2. The number of ketones is 1. The number of benzene rings is 2. The van der Waals surface area contributed by atoms with E-state index in [1.165, 1.54) is 22.3 Å². The van der Waals surface area contributed by atoms with Crippen LogP contribution in [0.4, 0.5) is 0 Å². The van der Waals surface area contributed by atoms with Gasteiger partial charge in [-0.1, -0.05) is 114 Å². The number of Topliss-reactive ketones (excluding diaryl/α,β-unsaturated/α-hetero) is 1. The summed E-state index contributed by atoms with van der Waals surface area (Å²) in [5.74, 6) is 0.197. The molecule has 2 aliphatic carbocycles. The van der Waals surface area contributed by atoms with Crippen molar-refractivity contribution >= 4 is 16.9 Å². The van der Waals surface area contributed by atoms with Gasteiger partial charge in [-0.15, -0.1) is 0 Å².